The van der Waals surface area contributed by atoms with Crippen LogP contribution in [0.25, 0.3) is 0 Å². The molecule has 0 unspecified atom stereocenters. The highest BCUT2D eigenvalue weighted by molar-refractivity contribution is 5.18. The van der Waals surface area contributed by atoms with Crippen LogP contribution in [0.2, 0.25) is 0 Å². The number of halogens is 2. The van der Waals surface area contributed by atoms with Crippen LogP contribution < -0.4 is 0 Å². The molecule has 0 heterocycles. The van der Waals surface area contributed by atoms with E-state index in [1.54, 1.807) is 18.2 Å². The molecule has 0 fully saturated rings. The van der Waals surface area contributed by atoms with Crippen LogP contribution in [0.4, 0.5) is 8.78 Å². The van der Waals surface area contributed by atoms with Crippen LogP contribution in [0.3, 0.4) is 0 Å². The Morgan fingerprint density at radius 2 is 1.39 bits per heavy atom. The Balaban J connectivity index is 0.000000283. The summed E-state index contributed by atoms with van der Waals surface area (Å²) in [7, 11) is 0. The Hall–Kier alpha value is -1.44. The highest BCUT2D eigenvalue weighted by Crippen LogP contribution is 2.17. The van der Waals surface area contributed by atoms with Gasteiger partial charge in [-0.15, -0.1) is 0 Å². The van der Waals surface area contributed by atoms with E-state index in [9.17, 15) is 8.78 Å². The van der Waals surface area contributed by atoms with Crippen LogP contribution in [-0.4, -0.2) is 0 Å². The molecule has 0 aromatic heterocycles. The molecule has 0 bridgehead atoms. The second-order valence-electron chi connectivity index (χ2n) is 3.92. The minimum Gasteiger partial charge on any atom is -0.212 e. The molecule has 0 saturated heterocycles. The second-order valence-corrected chi connectivity index (χ2v) is 3.92. The summed E-state index contributed by atoms with van der Waals surface area (Å²) in [6.07, 6.45) is 4.86. The minimum absolute atomic E-state index is 0.00981. The number of allylic oxidation sites excluding steroid dienone is 4. The fourth-order valence-electron chi connectivity index (χ4n) is 1.25. The molecule has 0 nitrogen and oxygen atoms in total. The van der Waals surface area contributed by atoms with Crippen molar-refractivity contribution in [3.8, 4) is 0 Å². The lowest BCUT2D eigenvalue weighted by Gasteiger charge is -2.02. The van der Waals surface area contributed by atoms with Crippen molar-refractivity contribution in [3.05, 3.63) is 59.2 Å². The monoisotopic (exact) mass is 252 g/mol. The van der Waals surface area contributed by atoms with Crippen LogP contribution >= 0.6 is 0 Å². The summed E-state index contributed by atoms with van der Waals surface area (Å²) in [4.78, 5) is 0. The van der Waals surface area contributed by atoms with E-state index >= 15 is 0 Å². The maximum absolute atomic E-state index is 12.2. The molecule has 2 heteroatoms. The first-order chi connectivity index (χ1) is 8.58. The maximum Gasteiger partial charge on any atom is 0.123 e. The zero-order valence-corrected chi connectivity index (χ0v) is 11.6. The van der Waals surface area contributed by atoms with Crippen molar-refractivity contribution in [3.63, 3.8) is 0 Å². The van der Waals surface area contributed by atoms with E-state index in [-0.39, 0.29) is 11.6 Å². The molecule has 1 aromatic rings. The predicted molar refractivity (Wildman–Crippen MR) is 74.7 cm³/mol. The molecule has 1 aliphatic rings. The van der Waals surface area contributed by atoms with Gasteiger partial charge in [0.1, 0.15) is 11.6 Å². The summed E-state index contributed by atoms with van der Waals surface area (Å²) < 4.78 is 24.3. The molecule has 0 spiro atoms. The lowest BCUT2D eigenvalue weighted by Crippen LogP contribution is -1.84. The number of aryl methyl sites for hydroxylation is 1. The van der Waals surface area contributed by atoms with Crippen LogP contribution in [0, 0.1) is 12.7 Å². The molecule has 0 atom stereocenters. The van der Waals surface area contributed by atoms with Gasteiger partial charge in [-0.25, -0.2) is 8.78 Å². The van der Waals surface area contributed by atoms with Crippen molar-refractivity contribution in [1.29, 1.82) is 0 Å². The molecular weight excluding hydrogens is 230 g/mol. The SMILES string of the molecule is CC.CC1=CC=C(F)CC1.Cc1ccc(F)cc1. The van der Waals surface area contributed by atoms with Crippen molar-refractivity contribution >= 4 is 0 Å². The fourth-order valence-corrected chi connectivity index (χ4v) is 1.25. The van der Waals surface area contributed by atoms with Gasteiger partial charge in [-0.2, -0.15) is 0 Å². The molecule has 0 N–H and O–H groups in total. The highest BCUT2D eigenvalue weighted by atomic mass is 19.1. The Morgan fingerprint density at radius 1 is 0.833 bits per heavy atom. The van der Waals surface area contributed by atoms with Crippen LogP contribution in [0.15, 0.2) is 47.8 Å². The van der Waals surface area contributed by atoms with E-state index in [4.69, 9.17) is 0 Å². The quantitative estimate of drug-likeness (QED) is 0.552. The van der Waals surface area contributed by atoms with Gasteiger partial charge < -0.3 is 0 Å². The van der Waals surface area contributed by atoms with E-state index in [1.165, 1.54) is 17.7 Å². The van der Waals surface area contributed by atoms with Gasteiger partial charge >= 0.3 is 0 Å². The Bertz CT molecular complexity index is 347. The normalized spacial score (nSPS) is 13.2. The molecular formula is C16H22F2. The van der Waals surface area contributed by atoms with Crippen molar-refractivity contribution in [2.75, 3.05) is 0 Å². The average molecular weight is 252 g/mol. The molecule has 1 aliphatic carbocycles. The maximum atomic E-state index is 12.2. The van der Waals surface area contributed by atoms with Crippen LogP contribution in [0.1, 0.15) is 39.2 Å². The zero-order chi connectivity index (χ0) is 14.0. The summed E-state index contributed by atoms with van der Waals surface area (Å²) in [6.45, 7) is 7.95. The Morgan fingerprint density at radius 3 is 1.72 bits per heavy atom. The molecule has 0 saturated carbocycles. The average Bonchev–Trinajstić information content (AvgIpc) is 2.40. The van der Waals surface area contributed by atoms with Gasteiger partial charge in [-0.05, 0) is 38.5 Å². The highest BCUT2D eigenvalue weighted by Gasteiger charge is 1.99. The summed E-state index contributed by atoms with van der Waals surface area (Å²) in [5.74, 6) is -0.161. The predicted octanol–water partition coefficient (Wildman–Crippen LogP) is 5.74. The van der Waals surface area contributed by atoms with Crippen molar-refractivity contribution < 1.29 is 8.78 Å². The first-order valence-electron chi connectivity index (χ1n) is 6.32. The van der Waals surface area contributed by atoms with Gasteiger partial charge in [0.15, 0.2) is 0 Å². The smallest absolute Gasteiger partial charge is 0.123 e. The van der Waals surface area contributed by atoms with Gasteiger partial charge in [-0.3, -0.25) is 0 Å². The van der Waals surface area contributed by atoms with E-state index in [0.29, 0.717) is 6.42 Å². The van der Waals surface area contributed by atoms with Crippen molar-refractivity contribution in [1.82, 2.24) is 0 Å². The second kappa shape index (κ2) is 9.58. The largest absolute Gasteiger partial charge is 0.212 e. The van der Waals surface area contributed by atoms with Crippen LogP contribution in [0.5, 0.6) is 0 Å². The minimum atomic E-state index is -0.171. The van der Waals surface area contributed by atoms with Gasteiger partial charge in [0, 0.05) is 6.42 Å². The number of hydrogen-bond donors (Lipinski definition) is 0. The molecule has 18 heavy (non-hydrogen) atoms. The van der Waals surface area contributed by atoms with E-state index in [1.807, 2.05) is 33.8 Å². The third kappa shape index (κ3) is 7.77. The first-order valence-corrected chi connectivity index (χ1v) is 6.32. The lowest BCUT2D eigenvalue weighted by molar-refractivity contribution is 0.582. The van der Waals surface area contributed by atoms with Crippen molar-refractivity contribution in [2.45, 2.75) is 40.5 Å². The zero-order valence-electron chi connectivity index (χ0n) is 11.6. The summed E-state index contributed by atoms with van der Waals surface area (Å²) in [5.41, 5.74) is 2.36. The summed E-state index contributed by atoms with van der Waals surface area (Å²) >= 11 is 0. The third-order valence-electron chi connectivity index (χ3n) is 2.32. The van der Waals surface area contributed by atoms with Gasteiger partial charge in [0.25, 0.3) is 0 Å². The van der Waals surface area contributed by atoms with Crippen molar-refractivity contribution in [2.24, 2.45) is 0 Å². The molecule has 0 aliphatic heterocycles. The Labute approximate surface area is 109 Å². The molecule has 0 radical (unpaired) electrons. The van der Waals surface area contributed by atoms with E-state index < -0.39 is 0 Å². The number of rotatable bonds is 0. The fraction of sp³-hybridized carbons (Fsp3) is 0.375. The first kappa shape index (κ1) is 16.6. The van der Waals surface area contributed by atoms with Gasteiger partial charge in [0.05, 0.1) is 0 Å². The van der Waals surface area contributed by atoms with E-state index in [2.05, 4.69) is 0 Å². The summed E-state index contributed by atoms with van der Waals surface area (Å²) in [5, 5.41) is 0. The Kier molecular flexibility index (Phi) is 8.81. The third-order valence-corrected chi connectivity index (χ3v) is 2.32. The van der Waals surface area contributed by atoms with E-state index in [0.717, 1.165) is 12.0 Å². The number of hydrogen-bond acceptors (Lipinski definition) is 0. The number of benzene rings is 1. The molecule has 100 valence electrons. The summed E-state index contributed by atoms with van der Waals surface area (Å²) in [6, 6.07) is 6.40. The van der Waals surface area contributed by atoms with Gasteiger partial charge in [0.2, 0.25) is 0 Å². The van der Waals surface area contributed by atoms with Gasteiger partial charge in [-0.1, -0.05) is 43.2 Å². The van der Waals surface area contributed by atoms with Crippen LogP contribution in [-0.2, 0) is 0 Å². The standard InChI is InChI=1S/C7H9F.C7H7F.C2H6/c2*1-6-2-4-7(8)5-3-6;1-2/h2,4H,3,5H2,1H3;2-5H,1H3;1-2H3. The lowest BCUT2D eigenvalue weighted by atomic mass is 10.1. The molecule has 2 rings (SSSR count). The molecule has 0 amide bonds. The molecule has 1 aromatic carbocycles. The topological polar surface area (TPSA) is 0 Å².